The van der Waals surface area contributed by atoms with Crippen LogP contribution >= 0.6 is 0 Å². The number of amides is 1. The van der Waals surface area contributed by atoms with Gasteiger partial charge in [0.1, 0.15) is 11.3 Å². The first kappa shape index (κ1) is 16.2. The summed E-state index contributed by atoms with van der Waals surface area (Å²) in [7, 11) is 1.81. The lowest BCUT2D eigenvalue weighted by molar-refractivity contribution is -0.129. The third-order valence-corrected chi connectivity index (χ3v) is 5.03. The minimum Gasteiger partial charge on any atom is -0.375 e. The topological polar surface area (TPSA) is 69.5 Å². The van der Waals surface area contributed by atoms with Gasteiger partial charge in [0.25, 0.3) is 5.91 Å². The fourth-order valence-corrected chi connectivity index (χ4v) is 3.59. The van der Waals surface area contributed by atoms with Crippen LogP contribution in [0.25, 0.3) is 0 Å². The summed E-state index contributed by atoms with van der Waals surface area (Å²) in [4.78, 5) is 18.5. The van der Waals surface area contributed by atoms with Crippen molar-refractivity contribution in [3.05, 3.63) is 48.0 Å². The van der Waals surface area contributed by atoms with Gasteiger partial charge >= 0.3 is 0 Å². The quantitative estimate of drug-likeness (QED) is 0.818. The summed E-state index contributed by atoms with van der Waals surface area (Å²) < 4.78 is 13.5. The Labute approximate surface area is 146 Å². The van der Waals surface area contributed by atoms with E-state index in [9.17, 15) is 4.79 Å². The highest BCUT2D eigenvalue weighted by molar-refractivity contribution is 5.93. The van der Waals surface area contributed by atoms with E-state index in [-0.39, 0.29) is 11.5 Å². The molecule has 132 valence electrons. The predicted molar refractivity (Wildman–Crippen MR) is 89.8 cm³/mol. The highest BCUT2D eigenvalue weighted by atomic mass is 16.5. The molecule has 2 aliphatic heterocycles. The number of hydrogen-bond acceptors (Lipinski definition) is 5. The highest BCUT2D eigenvalue weighted by Gasteiger charge is 2.54. The number of likely N-dealkylation sites (tertiary alicyclic amines) is 1. The van der Waals surface area contributed by atoms with Crippen LogP contribution in [0.5, 0.6) is 0 Å². The largest absolute Gasteiger partial charge is 0.375 e. The second-order valence-electron chi connectivity index (χ2n) is 6.77. The molecule has 0 N–H and O–H groups in total. The summed E-state index contributed by atoms with van der Waals surface area (Å²) in [6, 6.07) is 7.55. The zero-order valence-electron chi connectivity index (χ0n) is 14.3. The maximum Gasteiger partial charge on any atom is 0.274 e. The SMILES string of the molecule is Cn1ccc(C(=O)N2CC3(C2)OCCC3COCc2ccccn2)n1. The average Bonchev–Trinajstić information content (AvgIpc) is 3.20. The summed E-state index contributed by atoms with van der Waals surface area (Å²) in [5.74, 6) is 0.277. The maximum absolute atomic E-state index is 12.4. The average molecular weight is 342 g/mol. The van der Waals surface area contributed by atoms with Crippen LogP contribution in [0.15, 0.2) is 36.7 Å². The molecule has 2 aromatic rings. The smallest absolute Gasteiger partial charge is 0.274 e. The van der Waals surface area contributed by atoms with Gasteiger partial charge in [-0.25, -0.2) is 0 Å². The molecular formula is C18H22N4O3. The summed E-state index contributed by atoms with van der Waals surface area (Å²) >= 11 is 0. The van der Waals surface area contributed by atoms with Crippen molar-refractivity contribution in [2.75, 3.05) is 26.3 Å². The fraction of sp³-hybridized carbons (Fsp3) is 0.500. The lowest BCUT2D eigenvalue weighted by atomic mass is 9.81. The molecular weight excluding hydrogens is 320 g/mol. The van der Waals surface area contributed by atoms with E-state index >= 15 is 0 Å². The van der Waals surface area contributed by atoms with Gasteiger partial charge in [-0.2, -0.15) is 5.10 Å². The van der Waals surface area contributed by atoms with Gasteiger partial charge in [-0.15, -0.1) is 0 Å². The minimum absolute atomic E-state index is 0.0325. The molecule has 4 rings (SSSR count). The van der Waals surface area contributed by atoms with E-state index in [2.05, 4.69) is 10.1 Å². The van der Waals surface area contributed by atoms with Gasteiger partial charge in [-0.1, -0.05) is 6.07 Å². The van der Waals surface area contributed by atoms with Gasteiger partial charge in [-0.05, 0) is 24.6 Å². The lowest BCUT2D eigenvalue weighted by Crippen LogP contribution is -2.66. The van der Waals surface area contributed by atoms with Crippen molar-refractivity contribution < 1.29 is 14.3 Å². The zero-order chi connectivity index (χ0) is 17.3. The molecule has 0 aliphatic carbocycles. The molecule has 0 saturated carbocycles. The number of aromatic nitrogens is 3. The molecule has 2 fully saturated rings. The van der Waals surface area contributed by atoms with E-state index in [0.717, 1.165) is 18.7 Å². The first-order valence-electron chi connectivity index (χ1n) is 8.57. The summed E-state index contributed by atoms with van der Waals surface area (Å²) in [6.07, 6.45) is 4.52. The number of hydrogen-bond donors (Lipinski definition) is 0. The first-order valence-corrected chi connectivity index (χ1v) is 8.57. The Morgan fingerprint density at radius 3 is 3.00 bits per heavy atom. The third kappa shape index (κ3) is 3.17. The number of ether oxygens (including phenoxy) is 2. The van der Waals surface area contributed by atoms with Crippen molar-refractivity contribution in [3.8, 4) is 0 Å². The van der Waals surface area contributed by atoms with Gasteiger partial charge in [0.05, 0.1) is 32.0 Å². The van der Waals surface area contributed by atoms with Crippen LogP contribution < -0.4 is 0 Å². The molecule has 25 heavy (non-hydrogen) atoms. The molecule has 2 saturated heterocycles. The van der Waals surface area contributed by atoms with Crippen molar-refractivity contribution in [2.24, 2.45) is 13.0 Å². The molecule has 1 unspecified atom stereocenters. The van der Waals surface area contributed by atoms with E-state index in [1.54, 1.807) is 28.0 Å². The van der Waals surface area contributed by atoms with Crippen molar-refractivity contribution in [3.63, 3.8) is 0 Å². The molecule has 0 radical (unpaired) electrons. The highest BCUT2D eigenvalue weighted by Crippen LogP contribution is 2.40. The van der Waals surface area contributed by atoms with Gasteiger partial charge in [0.15, 0.2) is 0 Å². The molecule has 0 bridgehead atoms. The van der Waals surface area contributed by atoms with Gasteiger partial charge < -0.3 is 14.4 Å². The Hall–Kier alpha value is -2.25. The number of pyridine rings is 1. The fourth-order valence-electron chi connectivity index (χ4n) is 3.59. The predicted octanol–water partition coefficient (Wildman–Crippen LogP) is 1.26. The second-order valence-corrected chi connectivity index (χ2v) is 6.77. The summed E-state index contributed by atoms with van der Waals surface area (Å²) in [6.45, 7) is 3.08. The van der Waals surface area contributed by atoms with Crippen LogP contribution in [0.2, 0.25) is 0 Å². The molecule has 2 aromatic heterocycles. The van der Waals surface area contributed by atoms with Crippen LogP contribution in [0.3, 0.4) is 0 Å². The maximum atomic E-state index is 12.4. The van der Waals surface area contributed by atoms with Crippen LogP contribution in [0, 0.1) is 5.92 Å². The standard InChI is InChI=1S/C18H22N4O3/c1-21-8-5-16(20-21)17(23)22-12-18(13-22)14(6-9-25-18)10-24-11-15-4-2-3-7-19-15/h2-5,7-8,14H,6,9-13H2,1H3. The van der Waals surface area contributed by atoms with Crippen LogP contribution in [-0.4, -0.2) is 57.5 Å². The molecule has 1 atom stereocenters. The van der Waals surface area contributed by atoms with E-state index in [1.165, 1.54) is 0 Å². The molecule has 7 heteroatoms. The Morgan fingerprint density at radius 1 is 1.40 bits per heavy atom. The molecule has 1 spiro atoms. The monoisotopic (exact) mass is 342 g/mol. The summed E-state index contributed by atoms with van der Waals surface area (Å²) in [5, 5.41) is 4.18. The molecule has 4 heterocycles. The molecule has 1 amide bonds. The molecule has 7 nitrogen and oxygen atoms in total. The second kappa shape index (κ2) is 6.57. The number of carbonyl (C=O) groups excluding carboxylic acids is 1. The Kier molecular flexibility index (Phi) is 4.27. The van der Waals surface area contributed by atoms with Crippen molar-refractivity contribution >= 4 is 5.91 Å². The zero-order valence-corrected chi connectivity index (χ0v) is 14.3. The minimum atomic E-state index is -0.255. The van der Waals surface area contributed by atoms with Gasteiger partial charge in [0, 0.05) is 32.0 Å². The van der Waals surface area contributed by atoms with E-state index < -0.39 is 0 Å². The molecule has 0 aromatic carbocycles. The van der Waals surface area contributed by atoms with Crippen molar-refractivity contribution in [1.29, 1.82) is 0 Å². The van der Waals surface area contributed by atoms with Crippen LogP contribution in [-0.2, 0) is 23.1 Å². The van der Waals surface area contributed by atoms with Gasteiger partial charge in [-0.3, -0.25) is 14.5 Å². The van der Waals surface area contributed by atoms with E-state index in [1.807, 2.05) is 25.2 Å². The number of nitrogens with zero attached hydrogens (tertiary/aromatic N) is 4. The Balaban J connectivity index is 1.31. The Bertz CT molecular complexity index is 740. The van der Waals surface area contributed by atoms with Gasteiger partial charge in [0.2, 0.25) is 0 Å². The number of aryl methyl sites for hydroxylation is 1. The summed E-state index contributed by atoms with van der Waals surface area (Å²) in [5.41, 5.74) is 1.16. The number of carbonyl (C=O) groups is 1. The van der Waals surface area contributed by atoms with E-state index in [0.29, 0.717) is 37.9 Å². The van der Waals surface area contributed by atoms with Crippen molar-refractivity contribution in [2.45, 2.75) is 18.6 Å². The van der Waals surface area contributed by atoms with Crippen LogP contribution in [0.4, 0.5) is 0 Å². The number of rotatable bonds is 5. The molecule has 2 aliphatic rings. The Morgan fingerprint density at radius 2 is 2.28 bits per heavy atom. The normalized spacial score (nSPS) is 21.5. The lowest BCUT2D eigenvalue weighted by Gasteiger charge is -2.49. The van der Waals surface area contributed by atoms with E-state index in [4.69, 9.17) is 9.47 Å². The first-order chi connectivity index (χ1) is 12.2. The van der Waals surface area contributed by atoms with Crippen molar-refractivity contribution in [1.82, 2.24) is 19.7 Å². The third-order valence-electron chi connectivity index (χ3n) is 5.03. The van der Waals surface area contributed by atoms with Crippen LogP contribution in [0.1, 0.15) is 22.6 Å².